The number of fused-ring (bicyclic) bond motifs is 1. The zero-order chi connectivity index (χ0) is 17.1. The molecular weight excluding hydrogens is 310 g/mol. The molecule has 0 saturated heterocycles. The van der Waals surface area contributed by atoms with Crippen LogP contribution >= 0.6 is 0 Å². The van der Waals surface area contributed by atoms with Crippen LogP contribution in [0.2, 0.25) is 0 Å². The Labute approximate surface area is 137 Å². The third kappa shape index (κ3) is 3.35. The first kappa shape index (κ1) is 15.5. The molecule has 0 aliphatic carbocycles. The fourth-order valence-electron chi connectivity index (χ4n) is 2.15. The molecule has 1 aromatic carbocycles. The summed E-state index contributed by atoms with van der Waals surface area (Å²) in [5.74, 6) is 0.0226. The minimum atomic E-state index is -0.315. The Bertz CT molecular complexity index is 881. The molecule has 3 amide bonds. The second-order valence-electron chi connectivity index (χ2n) is 5.38. The first-order valence-electron chi connectivity index (χ1n) is 7.27. The second kappa shape index (κ2) is 6.41. The summed E-state index contributed by atoms with van der Waals surface area (Å²) in [6.07, 6.45) is 3.13. The lowest BCUT2D eigenvalue weighted by atomic mass is 10.2. The van der Waals surface area contributed by atoms with E-state index in [0.29, 0.717) is 5.69 Å². The minimum Gasteiger partial charge on any atom is -0.359 e. The summed E-state index contributed by atoms with van der Waals surface area (Å²) in [4.78, 5) is 29.4. The van der Waals surface area contributed by atoms with Crippen molar-refractivity contribution in [3.05, 3.63) is 36.7 Å². The van der Waals surface area contributed by atoms with Crippen molar-refractivity contribution < 1.29 is 9.59 Å². The Balaban J connectivity index is 1.63. The van der Waals surface area contributed by atoms with Gasteiger partial charge in [0.25, 0.3) is 0 Å². The molecule has 0 spiro atoms. The van der Waals surface area contributed by atoms with Crippen LogP contribution < -0.4 is 10.6 Å². The van der Waals surface area contributed by atoms with E-state index in [1.807, 2.05) is 24.3 Å². The number of aromatic amines is 1. The summed E-state index contributed by atoms with van der Waals surface area (Å²) in [6, 6.07) is 7.36. The number of hydrogen-bond donors (Lipinski definition) is 3. The molecule has 0 saturated carbocycles. The molecular formula is C15H17N7O2. The SMILES string of the molecule is CN(C)C(=O)Nc1cnn(CC(=O)Nc2c[nH]c3ccccc23)n1. The van der Waals surface area contributed by atoms with E-state index < -0.39 is 0 Å². The van der Waals surface area contributed by atoms with Crippen molar-refractivity contribution in [3.8, 4) is 0 Å². The van der Waals surface area contributed by atoms with Crippen molar-refractivity contribution in [2.75, 3.05) is 24.7 Å². The van der Waals surface area contributed by atoms with Gasteiger partial charge in [0.05, 0.1) is 11.9 Å². The predicted molar refractivity (Wildman–Crippen MR) is 89.7 cm³/mol. The Morgan fingerprint density at radius 3 is 2.83 bits per heavy atom. The molecule has 3 rings (SSSR count). The summed E-state index contributed by atoms with van der Waals surface area (Å²) < 4.78 is 0. The molecule has 2 aromatic heterocycles. The summed E-state index contributed by atoms with van der Waals surface area (Å²) in [7, 11) is 3.24. The highest BCUT2D eigenvalue weighted by atomic mass is 16.2. The Morgan fingerprint density at radius 1 is 1.25 bits per heavy atom. The van der Waals surface area contributed by atoms with E-state index in [9.17, 15) is 9.59 Å². The Kier molecular flexibility index (Phi) is 4.15. The van der Waals surface area contributed by atoms with Crippen LogP contribution in [0, 0.1) is 0 Å². The number of nitrogens with zero attached hydrogens (tertiary/aromatic N) is 4. The average Bonchev–Trinajstić information content (AvgIpc) is 3.15. The molecule has 3 aromatic rings. The molecule has 0 aliphatic rings. The number of nitrogens with one attached hydrogen (secondary N) is 3. The van der Waals surface area contributed by atoms with Gasteiger partial charge in [-0.3, -0.25) is 10.1 Å². The molecule has 0 aliphatic heterocycles. The second-order valence-corrected chi connectivity index (χ2v) is 5.38. The molecule has 0 atom stereocenters. The van der Waals surface area contributed by atoms with Crippen LogP contribution in [0.3, 0.4) is 0 Å². The number of carbonyl (C=O) groups is 2. The molecule has 24 heavy (non-hydrogen) atoms. The van der Waals surface area contributed by atoms with E-state index in [0.717, 1.165) is 10.9 Å². The van der Waals surface area contributed by atoms with Gasteiger partial charge in [-0.1, -0.05) is 18.2 Å². The lowest BCUT2D eigenvalue weighted by Crippen LogP contribution is -2.27. The highest BCUT2D eigenvalue weighted by molar-refractivity contribution is 6.01. The minimum absolute atomic E-state index is 0.0582. The number of benzene rings is 1. The smallest absolute Gasteiger partial charge is 0.322 e. The zero-order valence-corrected chi connectivity index (χ0v) is 13.3. The molecule has 0 radical (unpaired) electrons. The van der Waals surface area contributed by atoms with Crippen LogP contribution in [0.5, 0.6) is 0 Å². The van der Waals surface area contributed by atoms with Gasteiger partial charge in [-0.05, 0) is 6.07 Å². The maximum atomic E-state index is 12.1. The van der Waals surface area contributed by atoms with Gasteiger partial charge >= 0.3 is 6.03 Å². The highest BCUT2D eigenvalue weighted by Gasteiger charge is 2.11. The van der Waals surface area contributed by atoms with Gasteiger partial charge in [-0.25, -0.2) is 4.79 Å². The Morgan fingerprint density at radius 2 is 2.04 bits per heavy atom. The van der Waals surface area contributed by atoms with Crippen LogP contribution in [0.4, 0.5) is 16.3 Å². The van der Waals surface area contributed by atoms with Gasteiger partial charge in [0.1, 0.15) is 6.54 Å². The summed E-state index contributed by atoms with van der Waals surface area (Å²) in [5, 5.41) is 14.3. The van der Waals surface area contributed by atoms with Crippen LogP contribution in [-0.4, -0.2) is 50.9 Å². The fraction of sp³-hybridized carbons (Fsp3) is 0.200. The molecule has 0 unspecified atom stereocenters. The van der Waals surface area contributed by atoms with Crippen molar-refractivity contribution in [2.45, 2.75) is 6.54 Å². The topological polar surface area (TPSA) is 108 Å². The first-order valence-corrected chi connectivity index (χ1v) is 7.27. The van der Waals surface area contributed by atoms with E-state index in [1.54, 1.807) is 20.3 Å². The van der Waals surface area contributed by atoms with Crippen molar-refractivity contribution in [1.29, 1.82) is 0 Å². The van der Waals surface area contributed by atoms with Crippen LogP contribution in [0.1, 0.15) is 0 Å². The highest BCUT2D eigenvalue weighted by Crippen LogP contribution is 2.22. The summed E-state index contributed by atoms with van der Waals surface area (Å²) >= 11 is 0. The number of aromatic nitrogens is 4. The number of rotatable bonds is 4. The van der Waals surface area contributed by atoms with E-state index in [-0.39, 0.29) is 24.3 Å². The number of H-pyrrole nitrogens is 1. The predicted octanol–water partition coefficient (Wildman–Crippen LogP) is 1.49. The molecule has 3 N–H and O–H groups in total. The standard InChI is InChI=1S/C15H17N7O2/c1-21(2)15(24)19-13-8-17-22(20-13)9-14(23)18-12-7-16-11-6-4-3-5-10(11)12/h3-8,16H,9H2,1-2H3,(H,18,23)(H,19,20,24). The van der Waals surface area contributed by atoms with E-state index in [4.69, 9.17) is 0 Å². The molecule has 124 valence electrons. The van der Waals surface area contributed by atoms with Crippen LogP contribution in [0.15, 0.2) is 36.7 Å². The first-order chi connectivity index (χ1) is 11.5. The molecule has 0 bridgehead atoms. The third-order valence-electron chi connectivity index (χ3n) is 3.33. The summed E-state index contributed by atoms with van der Waals surface area (Å²) in [5.41, 5.74) is 1.64. The van der Waals surface area contributed by atoms with Gasteiger partial charge < -0.3 is 15.2 Å². The number of amides is 3. The third-order valence-corrected chi connectivity index (χ3v) is 3.33. The molecule has 2 heterocycles. The van der Waals surface area contributed by atoms with Crippen molar-refractivity contribution in [3.63, 3.8) is 0 Å². The van der Waals surface area contributed by atoms with Crippen molar-refractivity contribution in [2.24, 2.45) is 0 Å². The number of carbonyl (C=O) groups excluding carboxylic acids is 2. The van der Waals surface area contributed by atoms with Crippen LogP contribution in [-0.2, 0) is 11.3 Å². The van der Waals surface area contributed by atoms with E-state index >= 15 is 0 Å². The molecule has 0 fully saturated rings. The number of para-hydroxylation sites is 1. The lowest BCUT2D eigenvalue weighted by molar-refractivity contribution is -0.117. The molecule has 9 heteroatoms. The van der Waals surface area contributed by atoms with Gasteiger partial charge in [-0.15, -0.1) is 5.10 Å². The zero-order valence-electron chi connectivity index (χ0n) is 13.3. The van der Waals surface area contributed by atoms with Crippen LogP contribution in [0.25, 0.3) is 10.9 Å². The quantitative estimate of drug-likeness (QED) is 0.674. The fourth-order valence-corrected chi connectivity index (χ4v) is 2.15. The average molecular weight is 327 g/mol. The van der Waals surface area contributed by atoms with Crippen molar-refractivity contribution in [1.82, 2.24) is 24.9 Å². The number of urea groups is 1. The van der Waals surface area contributed by atoms with Gasteiger partial charge in [0.15, 0.2) is 5.82 Å². The number of hydrogen-bond acceptors (Lipinski definition) is 4. The lowest BCUT2D eigenvalue weighted by Gasteiger charge is -2.09. The van der Waals surface area contributed by atoms with Gasteiger partial charge in [0, 0.05) is 31.2 Å². The maximum absolute atomic E-state index is 12.1. The largest absolute Gasteiger partial charge is 0.359 e. The van der Waals surface area contributed by atoms with Gasteiger partial charge in [0.2, 0.25) is 5.91 Å². The van der Waals surface area contributed by atoms with Gasteiger partial charge in [-0.2, -0.15) is 9.90 Å². The monoisotopic (exact) mass is 327 g/mol. The van der Waals surface area contributed by atoms with E-state index in [1.165, 1.54) is 15.9 Å². The number of anilines is 2. The van der Waals surface area contributed by atoms with Crippen molar-refractivity contribution >= 4 is 34.3 Å². The van der Waals surface area contributed by atoms with E-state index in [2.05, 4.69) is 25.8 Å². The maximum Gasteiger partial charge on any atom is 0.322 e. The molecule has 9 nitrogen and oxygen atoms in total. The Hall–Kier alpha value is -3.36. The summed E-state index contributed by atoms with van der Waals surface area (Å²) in [6.45, 7) is -0.0582. The normalized spacial score (nSPS) is 10.6.